The molecule has 2 aromatic heterocycles. The van der Waals surface area contributed by atoms with E-state index in [9.17, 15) is 9.18 Å². The van der Waals surface area contributed by atoms with E-state index in [-0.39, 0.29) is 11.6 Å². The number of fused-ring (bicyclic) bond motifs is 1. The van der Waals surface area contributed by atoms with Crippen molar-refractivity contribution in [2.45, 2.75) is 19.3 Å². The predicted molar refractivity (Wildman–Crippen MR) is 81.8 cm³/mol. The molecule has 0 amide bonds. The van der Waals surface area contributed by atoms with Crippen LogP contribution in [0.5, 0.6) is 0 Å². The summed E-state index contributed by atoms with van der Waals surface area (Å²) in [5.74, 6) is 0.0961. The number of ketones is 1. The summed E-state index contributed by atoms with van der Waals surface area (Å²) in [5.41, 5.74) is 2.45. The van der Waals surface area contributed by atoms with Gasteiger partial charge in [0.25, 0.3) is 5.95 Å². The molecule has 0 atom stereocenters. The largest absolute Gasteiger partial charge is 0.294 e. The van der Waals surface area contributed by atoms with Gasteiger partial charge in [-0.1, -0.05) is 12.1 Å². The van der Waals surface area contributed by atoms with E-state index in [2.05, 4.69) is 15.1 Å². The average molecular weight is 308 g/mol. The second kappa shape index (κ2) is 5.39. The SMILES string of the molecule is O=C1CCCc2c1c(-c1cccc(F)c1)nn2-c1ncccn1. The van der Waals surface area contributed by atoms with Gasteiger partial charge in [0.2, 0.25) is 0 Å². The maximum atomic E-state index is 13.6. The number of Topliss-reactive ketones (excluding diaryl/α,β-unsaturated/α-hetero) is 1. The van der Waals surface area contributed by atoms with Crippen LogP contribution in [-0.2, 0) is 6.42 Å². The third-order valence-corrected chi connectivity index (χ3v) is 3.92. The molecule has 0 spiro atoms. The van der Waals surface area contributed by atoms with Gasteiger partial charge in [0.15, 0.2) is 5.78 Å². The summed E-state index contributed by atoms with van der Waals surface area (Å²) in [6.07, 6.45) is 5.23. The van der Waals surface area contributed by atoms with Crippen molar-refractivity contribution in [3.63, 3.8) is 0 Å². The van der Waals surface area contributed by atoms with Gasteiger partial charge in [-0.25, -0.2) is 19.0 Å². The molecular formula is C17H13FN4O. The lowest BCUT2D eigenvalue weighted by molar-refractivity contribution is 0.0972. The molecule has 5 nitrogen and oxygen atoms in total. The minimum atomic E-state index is -0.356. The predicted octanol–water partition coefficient (Wildman–Crippen LogP) is 2.99. The first kappa shape index (κ1) is 13.8. The fourth-order valence-electron chi connectivity index (χ4n) is 2.92. The second-order valence-electron chi connectivity index (χ2n) is 5.42. The minimum absolute atomic E-state index is 0.0349. The Morgan fingerprint density at radius 2 is 1.91 bits per heavy atom. The van der Waals surface area contributed by atoms with Crippen molar-refractivity contribution in [3.05, 3.63) is 59.8 Å². The van der Waals surface area contributed by atoms with E-state index in [1.54, 1.807) is 35.3 Å². The van der Waals surface area contributed by atoms with Gasteiger partial charge in [-0.3, -0.25) is 4.79 Å². The van der Waals surface area contributed by atoms with E-state index in [1.165, 1.54) is 12.1 Å². The van der Waals surface area contributed by atoms with Gasteiger partial charge >= 0.3 is 0 Å². The summed E-state index contributed by atoms with van der Waals surface area (Å²) in [7, 11) is 0. The normalized spacial score (nSPS) is 13.9. The lowest BCUT2D eigenvalue weighted by Crippen LogP contribution is -2.14. The number of benzene rings is 1. The zero-order chi connectivity index (χ0) is 15.8. The van der Waals surface area contributed by atoms with Crippen LogP contribution < -0.4 is 0 Å². The monoisotopic (exact) mass is 308 g/mol. The molecule has 0 radical (unpaired) electrons. The first-order valence-corrected chi connectivity index (χ1v) is 7.42. The van der Waals surface area contributed by atoms with Crippen LogP contribution in [0.25, 0.3) is 17.2 Å². The van der Waals surface area contributed by atoms with E-state index < -0.39 is 0 Å². The van der Waals surface area contributed by atoms with Gasteiger partial charge in [0.1, 0.15) is 11.5 Å². The van der Waals surface area contributed by atoms with Crippen molar-refractivity contribution < 1.29 is 9.18 Å². The highest BCUT2D eigenvalue weighted by Crippen LogP contribution is 2.32. The van der Waals surface area contributed by atoms with Crippen LogP contribution in [-0.4, -0.2) is 25.5 Å². The molecule has 1 aromatic carbocycles. The lowest BCUT2D eigenvalue weighted by atomic mass is 9.92. The molecule has 0 bridgehead atoms. The minimum Gasteiger partial charge on any atom is -0.294 e. The standard InChI is InChI=1S/C17H13FN4O/c18-12-5-1-4-11(10-12)16-15-13(6-2-7-14(15)23)22(21-16)17-19-8-3-9-20-17/h1,3-5,8-10H,2,6-7H2. The number of rotatable bonds is 2. The Morgan fingerprint density at radius 3 is 2.70 bits per heavy atom. The van der Waals surface area contributed by atoms with E-state index in [1.807, 2.05) is 0 Å². The van der Waals surface area contributed by atoms with Crippen LogP contribution >= 0.6 is 0 Å². The van der Waals surface area contributed by atoms with Gasteiger partial charge in [0.05, 0.1) is 11.3 Å². The number of halogens is 1. The van der Waals surface area contributed by atoms with Crippen LogP contribution in [0.3, 0.4) is 0 Å². The second-order valence-corrected chi connectivity index (χ2v) is 5.42. The van der Waals surface area contributed by atoms with Crippen molar-refractivity contribution >= 4 is 5.78 Å². The molecular weight excluding hydrogens is 295 g/mol. The molecule has 23 heavy (non-hydrogen) atoms. The highest BCUT2D eigenvalue weighted by atomic mass is 19.1. The van der Waals surface area contributed by atoms with Gasteiger partial charge in [-0.2, -0.15) is 5.10 Å². The molecule has 3 aromatic rings. The highest BCUT2D eigenvalue weighted by Gasteiger charge is 2.28. The summed E-state index contributed by atoms with van der Waals surface area (Å²) in [6, 6.07) is 7.85. The molecule has 0 saturated heterocycles. The first-order chi connectivity index (χ1) is 11.2. The Labute approximate surface area is 131 Å². The third-order valence-electron chi connectivity index (χ3n) is 3.92. The molecule has 114 valence electrons. The molecule has 0 N–H and O–H groups in total. The molecule has 1 aliphatic rings. The first-order valence-electron chi connectivity index (χ1n) is 7.42. The molecule has 0 aliphatic heterocycles. The zero-order valence-corrected chi connectivity index (χ0v) is 12.2. The van der Waals surface area contributed by atoms with E-state index in [4.69, 9.17) is 0 Å². The van der Waals surface area contributed by atoms with Gasteiger partial charge in [0, 0.05) is 24.4 Å². The van der Waals surface area contributed by atoms with Crippen molar-refractivity contribution in [2.24, 2.45) is 0 Å². The van der Waals surface area contributed by atoms with Crippen molar-refractivity contribution in [1.29, 1.82) is 0 Å². The number of aromatic nitrogens is 4. The van der Waals surface area contributed by atoms with Gasteiger partial charge in [-0.15, -0.1) is 0 Å². The van der Waals surface area contributed by atoms with Crippen LogP contribution in [0.1, 0.15) is 28.9 Å². The van der Waals surface area contributed by atoms with E-state index >= 15 is 0 Å². The number of carbonyl (C=O) groups is 1. The fraction of sp³-hybridized carbons (Fsp3) is 0.176. The number of carbonyl (C=O) groups excluding carboxylic acids is 1. The van der Waals surface area contributed by atoms with Gasteiger partial charge < -0.3 is 0 Å². The fourth-order valence-corrected chi connectivity index (χ4v) is 2.92. The van der Waals surface area contributed by atoms with E-state index in [0.29, 0.717) is 29.2 Å². The number of nitrogens with zero attached hydrogens (tertiary/aromatic N) is 4. The van der Waals surface area contributed by atoms with Crippen molar-refractivity contribution in [2.75, 3.05) is 0 Å². The van der Waals surface area contributed by atoms with Crippen LogP contribution in [0.4, 0.5) is 4.39 Å². The van der Waals surface area contributed by atoms with Crippen molar-refractivity contribution in [3.8, 4) is 17.2 Å². The quantitative estimate of drug-likeness (QED) is 0.730. The highest BCUT2D eigenvalue weighted by molar-refractivity contribution is 6.03. The molecule has 1 aliphatic carbocycles. The molecule has 0 saturated carbocycles. The Morgan fingerprint density at radius 1 is 1.09 bits per heavy atom. The zero-order valence-electron chi connectivity index (χ0n) is 12.2. The Bertz CT molecular complexity index is 889. The Kier molecular flexibility index (Phi) is 3.22. The Balaban J connectivity index is 1.97. The number of hydrogen-bond donors (Lipinski definition) is 0. The third kappa shape index (κ3) is 2.32. The summed E-state index contributed by atoms with van der Waals surface area (Å²) in [4.78, 5) is 20.8. The average Bonchev–Trinajstić information content (AvgIpc) is 2.97. The van der Waals surface area contributed by atoms with Crippen molar-refractivity contribution in [1.82, 2.24) is 19.7 Å². The molecule has 2 heterocycles. The van der Waals surface area contributed by atoms with Crippen LogP contribution in [0.15, 0.2) is 42.7 Å². The molecule has 6 heteroatoms. The lowest BCUT2D eigenvalue weighted by Gasteiger charge is -2.12. The molecule has 4 rings (SSSR count). The van der Waals surface area contributed by atoms with Crippen LogP contribution in [0, 0.1) is 5.82 Å². The van der Waals surface area contributed by atoms with Gasteiger partial charge in [-0.05, 0) is 31.0 Å². The Hall–Kier alpha value is -2.89. The molecule has 0 unspecified atom stereocenters. The maximum absolute atomic E-state index is 13.6. The summed E-state index contributed by atoms with van der Waals surface area (Å²) in [5, 5.41) is 4.53. The van der Waals surface area contributed by atoms with Crippen LogP contribution in [0.2, 0.25) is 0 Å². The van der Waals surface area contributed by atoms with E-state index in [0.717, 1.165) is 18.5 Å². The summed E-state index contributed by atoms with van der Waals surface area (Å²) < 4.78 is 15.2. The smallest absolute Gasteiger partial charge is 0.250 e. The summed E-state index contributed by atoms with van der Waals surface area (Å²) >= 11 is 0. The molecule has 0 fully saturated rings. The number of hydrogen-bond acceptors (Lipinski definition) is 4. The maximum Gasteiger partial charge on any atom is 0.250 e. The summed E-state index contributed by atoms with van der Waals surface area (Å²) in [6.45, 7) is 0. The topological polar surface area (TPSA) is 60.7 Å².